The van der Waals surface area contributed by atoms with E-state index in [1.54, 1.807) is 23.2 Å². The zero-order valence-corrected chi connectivity index (χ0v) is 18.2. The lowest BCUT2D eigenvalue weighted by Gasteiger charge is -2.46. The minimum atomic E-state index is 0.480. The van der Waals surface area contributed by atoms with Crippen LogP contribution in [0.5, 0.6) is 5.75 Å². The predicted molar refractivity (Wildman–Crippen MR) is 123 cm³/mol. The summed E-state index contributed by atoms with van der Waals surface area (Å²) in [6.45, 7) is 4.63. The van der Waals surface area contributed by atoms with Crippen LogP contribution in [0.1, 0.15) is 12.8 Å². The zero-order valence-electron chi connectivity index (χ0n) is 18.2. The standard InChI is InChI=1S/C23H26N8O2/c24-20-12-21(26-23-27-22(28-31(20)23)19-2-1-11-32-19)30-10-9-29-13-16(3-4-17(29)14-30)15-33-18-5-7-25-8-6-18/h1-2,5-8,11-12,16-17H,3-4,9-10,13-15,24H2. The quantitative estimate of drug-likeness (QED) is 0.494. The molecule has 2 unspecified atom stereocenters. The van der Waals surface area contributed by atoms with E-state index < -0.39 is 0 Å². The molecule has 33 heavy (non-hydrogen) atoms. The molecule has 4 aromatic heterocycles. The first-order chi connectivity index (χ1) is 16.2. The van der Waals surface area contributed by atoms with Crippen LogP contribution >= 0.6 is 0 Å². The number of piperidine rings is 1. The first-order valence-electron chi connectivity index (χ1n) is 11.3. The molecule has 6 rings (SSSR count). The van der Waals surface area contributed by atoms with Gasteiger partial charge in [0.15, 0.2) is 5.76 Å². The van der Waals surface area contributed by atoms with Crippen molar-refractivity contribution in [1.29, 1.82) is 0 Å². The van der Waals surface area contributed by atoms with Gasteiger partial charge in [0, 0.05) is 56.6 Å². The lowest BCUT2D eigenvalue weighted by atomic mass is 9.91. The Hall–Kier alpha value is -3.66. The van der Waals surface area contributed by atoms with Crippen molar-refractivity contribution in [3.63, 3.8) is 0 Å². The highest BCUT2D eigenvalue weighted by Crippen LogP contribution is 2.29. The first kappa shape index (κ1) is 20.0. The fourth-order valence-electron chi connectivity index (χ4n) is 4.80. The van der Waals surface area contributed by atoms with E-state index in [1.807, 2.05) is 30.3 Å². The summed E-state index contributed by atoms with van der Waals surface area (Å²) in [7, 11) is 0. The smallest absolute Gasteiger partial charge is 0.256 e. The van der Waals surface area contributed by atoms with E-state index in [9.17, 15) is 0 Å². The third kappa shape index (κ3) is 3.97. The van der Waals surface area contributed by atoms with E-state index in [2.05, 4.69) is 24.9 Å². The van der Waals surface area contributed by atoms with Crippen LogP contribution in [0.3, 0.4) is 0 Å². The van der Waals surface area contributed by atoms with Crippen LogP contribution < -0.4 is 15.4 Å². The lowest BCUT2D eigenvalue weighted by molar-refractivity contribution is 0.0727. The molecule has 0 spiro atoms. The molecule has 10 nitrogen and oxygen atoms in total. The average Bonchev–Trinajstić information content (AvgIpc) is 3.53. The number of furan rings is 1. The zero-order chi connectivity index (χ0) is 22.2. The minimum Gasteiger partial charge on any atom is -0.493 e. The third-order valence-corrected chi connectivity index (χ3v) is 6.53. The third-order valence-electron chi connectivity index (χ3n) is 6.53. The number of fused-ring (bicyclic) bond motifs is 2. The molecule has 2 N–H and O–H groups in total. The molecule has 2 aliphatic heterocycles. The van der Waals surface area contributed by atoms with Gasteiger partial charge in [-0.05, 0) is 37.1 Å². The van der Waals surface area contributed by atoms with Gasteiger partial charge in [0.05, 0.1) is 12.9 Å². The minimum absolute atomic E-state index is 0.480. The summed E-state index contributed by atoms with van der Waals surface area (Å²) in [5.41, 5.74) is 6.30. The predicted octanol–water partition coefficient (Wildman–Crippen LogP) is 2.34. The number of hydrogen-bond acceptors (Lipinski definition) is 9. The van der Waals surface area contributed by atoms with E-state index >= 15 is 0 Å². The topological polar surface area (TPSA) is 111 Å². The fourth-order valence-corrected chi connectivity index (χ4v) is 4.80. The number of hydrogen-bond donors (Lipinski definition) is 1. The van der Waals surface area contributed by atoms with Crippen LogP contribution in [0.25, 0.3) is 17.4 Å². The molecule has 2 saturated heterocycles. The molecule has 0 amide bonds. The van der Waals surface area contributed by atoms with Crippen LogP contribution in [0.4, 0.5) is 11.6 Å². The largest absolute Gasteiger partial charge is 0.493 e. The van der Waals surface area contributed by atoms with Gasteiger partial charge in [0.1, 0.15) is 17.4 Å². The number of anilines is 2. The van der Waals surface area contributed by atoms with Gasteiger partial charge in [-0.1, -0.05) is 0 Å². The number of piperazine rings is 1. The maximum Gasteiger partial charge on any atom is 0.256 e. The highest BCUT2D eigenvalue weighted by atomic mass is 16.5. The van der Waals surface area contributed by atoms with Gasteiger partial charge in [0.25, 0.3) is 5.78 Å². The van der Waals surface area contributed by atoms with Crippen molar-refractivity contribution in [1.82, 2.24) is 29.5 Å². The Balaban J connectivity index is 1.12. The summed E-state index contributed by atoms with van der Waals surface area (Å²) in [4.78, 5) is 18.2. The lowest BCUT2D eigenvalue weighted by Crippen LogP contribution is -2.57. The summed E-state index contributed by atoms with van der Waals surface area (Å²) in [6.07, 6.45) is 7.43. The first-order valence-corrected chi connectivity index (χ1v) is 11.3. The number of ether oxygens (including phenoxy) is 1. The SMILES string of the molecule is Nc1cc(N2CCN3CC(COc4ccncc4)CCC3C2)nc2nc(-c3ccco3)nn12. The molecule has 0 radical (unpaired) electrons. The average molecular weight is 447 g/mol. The normalized spacial score (nSPS) is 21.3. The molecule has 0 bridgehead atoms. The Kier molecular flexibility index (Phi) is 5.06. The molecular formula is C23H26N8O2. The molecule has 2 fully saturated rings. The fraction of sp³-hybridized carbons (Fsp3) is 0.391. The van der Waals surface area contributed by atoms with Gasteiger partial charge < -0.3 is 19.8 Å². The van der Waals surface area contributed by atoms with Crippen LogP contribution in [0.15, 0.2) is 53.4 Å². The van der Waals surface area contributed by atoms with Gasteiger partial charge in [-0.3, -0.25) is 9.88 Å². The van der Waals surface area contributed by atoms with Gasteiger partial charge in [-0.25, -0.2) is 0 Å². The molecule has 0 aromatic carbocycles. The maximum atomic E-state index is 6.30. The summed E-state index contributed by atoms with van der Waals surface area (Å²) in [5, 5.41) is 4.44. The molecule has 0 aliphatic carbocycles. The number of nitrogens with zero attached hydrogens (tertiary/aromatic N) is 7. The van der Waals surface area contributed by atoms with Crippen LogP contribution in [0.2, 0.25) is 0 Å². The summed E-state index contributed by atoms with van der Waals surface area (Å²) < 4.78 is 12.9. The Morgan fingerprint density at radius 2 is 2.00 bits per heavy atom. The van der Waals surface area contributed by atoms with E-state index in [-0.39, 0.29) is 0 Å². The monoisotopic (exact) mass is 446 g/mol. The second-order valence-electron chi connectivity index (χ2n) is 8.70. The number of nitrogen functional groups attached to an aromatic ring is 1. The van der Waals surface area contributed by atoms with Crippen molar-refractivity contribution >= 4 is 17.4 Å². The highest BCUT2D eigenvalue weighted by Gasteiger charge is 2.33. The van der Waals surface area contributed by atoms with Gasteiger partial charge in [0.2, 0.25) is 5.82 Å². The molecular weight excluding hydrogens is 420 g/mol. The van der Waals surface area contributed by atoms with E-state index in [1.165, 1.54) is 0 Å². The second kappa shape index (κ2) is 8.36. The van der Waals surface area contributed by atoms with Crippen LogP contribution in [-0.4, -0.2) is 68.3 Å². The van der Waals surface area contributed by atoms with Crippen LogP contribution in [-0.2, 0) is 0 Å². The summed E-state index contributed by atoms with van der Waals surface area (Å²) in [5.74, 6) is 4.35. The number of pyridine rings is 1. The van der Waals surface area contributed by atoms with Crippen molar-refractivity contribution in [2.24, 2.45) is 5.92 Å². The molecule has 2 aliphatic rings. The maximum absolute atomic E-state index is 6.30. The van der Waals surface area contributed by atoms with E-state index in [0.717, 1.165) is 57.2 Å². The van der Waals surface area contributed by atoms with Gasteiger partial charge in [-0.15, -0.1) is 5.10 Å². The number of rotatable bonds is 5. The molecule has 0 saturated carbocycles. The Labute approximate surface area is 191 Å². The van der Waals surface area contributed by atoms with Crippen molar-refractivity contribution in [3.8, 4) is 17.3 Å². The molecule has 170 valence electrons. The van der Waals surface area contributed by atoms with Crippen molar-refractivity contribution < 1.29 is 9.15 Å². The molecule has 4 aromatic rings. The van der Waals surface area contributed by atoms with Crippen molar-refractivity contribution in [2.75, 3.05) is 43.4 Å². The summed E-state index contributed by atoms with van der Waals surface area (Å²) >= 11 is 0. The van der Waals surface area contributed by atoms with Gasteiger partial charge >= 0.3 is 0 Å². The molecule has 10 heteroatoms. The van der Waals surface area contributed by atoms with Crippen molar-refractivity contribution in [2.45, 2.75) is 18.9 Å². The van der Waals surface area contributed by atoms with Crippen molar-refractivity contribution in [3.05, 3.63) is 49.0 Å². The molecule has 6 heterocycles. The molecule has 2 atom stereocenters. The Morgan fingerprint density at radius 1 is 1.09 bits per heavy atom. The van der Waals surface area contributed by atoms with E-state index in [0.29, 0.717) is 35.1 Å². The highest BCUT2D eigenvalue weighted by molar-refractivity contribution is 5.57. The Bertz CT molecular complexity index is 1230. The number of nitrogens with two attached hydrogens (primary N) is 1. The van der Waals surface area contributed by atoms with Crippen LogP contribution in [0, 0.1) is 5.92 Å². The van der Waals surface area contributed by atoms with E-state index in [4.69, 9.17) is 19.9 Å². The Morgan fingerprint density at radius 3 is 2.85 bits per heavy atom. The van der Waals surface area contributed by atoms with Gasteiger partial charge in [-0.2, -0.15) is 14.5 Å². The summed E-state index contributed by atoms with van der Waals surface area (Å²) in [6, 6.07) is 9.84. The number of aromatic nitrogens is 5. The second-order valence-corrected chi connectivity index (χ2v) is 8.70.